The van der Waals surface area contributed by atoms with Gasteiger partial charge in [0.2, 0.25) is 15.9 Å². The molecule has 2 aromatic carbocycles. The molecule has 0 bridgehead atoms. The summed E-state index contributed by atoms with van der Waals surface area (Å²) in [6.45, 7) is 3.41. The van der Waals surface area contributed by atoms with Crippen LogP contribution in [0.5, 0.6) is 0 Å². The number of anilines is 1. The molecule has 1 amide bonds. The van der Waals surface area contributed by atoms with Gasteiger partial charge < -0.3 is 5.32 Å². The first-order valence-electron chi connectivity index (χ1n) is 8.44. The molecule has 27 heavy (non-hydrogen) atoms. The van der Waals surface area contributed by atoms with Crippen molar-refractivity contribution in [1.29, 1.82) is 0 Å². The summed E-state index contributed by atoms with van der Waals surface area (Å²) in [5, 5.41) is 2.76. The van der Waals surface area contributed by atoms with Gasteiger partial charge in [-0.3, -0.25) is 9.10 Å². The van der Waals surface area contributed by atoms with Crippen LogP contribution in [0.1, 0.15) is 31.9 Å². The van der Waals surface area contributed by atoms with Crippen LogP contribution in [0.4, 0.5) is 14.5 Å². The summed E-state index contributed by atoms with van der Waals surface area (Å²) in [5.41, 5.74) is 0.891. The molecule has 0 unspecified atom stereocenters. The quantitative estimate of drug-likeness (QED) is 0.780. The van der Waals surface area contributed by atoms with Gasteiger partial charge in [-0.05, 0) is 55.3 Å². The summed E-state index contributed by atoms with van der Waals surface area (Å²) < 4.78 is 51.9. The van der Waals surface area contributed by atoms with E-state index in [1.165, 1.54) is 24.3 Å². The highest BCUT2D eigenvalue weighted by Crippen LogP contribution is 2.23. The zero-order valence-electron chi connectivity index (χ0n) is 15.3. The Morgan fingerprint density at radius 2 is 1.52 bits per heavy atom. The molecular formula is C19H22F2N2O3S. The van der Waals surface area contributed by atoms with Gasteiger partial charge in [0.15, 0.2) is 0 Å². The molecule has 1 N–H and O–H groups in total. The molecule has 146 valence electrons. The van der Waals surface area contributed by atoms with E-state index in [1.54, 1.807) is 26.0 Å². The van der Waals surface area contributed by atoms with Gasteiger partial charge in [0.1, 0.15) is 17.7 Å². The fourth-order valence-corrected chi connectivity index (χ4v) is 4.00. The summed E-state index contributed by atoms with van der Waals surface area (Å²) in [6, 6.07) is 9.14. The molecule has 0 heterocycles. The number of nitrogens with one attached hydrogen (secondary N) is 1. The third-order valence-corrected chi connectivity index (χ3v) is 5.32. The van der Waals surface area contributed by atoms with E-state index in [0.29, 0.717) is 5.56 Å². The molecule has 0 aliphatic heterocycles. The smallest absolute Gasteiger partial charge is 0.244 e. The number of amides is 1. The summed E-state index contributed by atoms with van der Waals surface area (Å²) in [6.07, 6.45) is 1.21. The van der Waals surface area contributed by atoms with Gasteiger partial charge in [-0.2, -0.15) is 0 Å². The van der Waals surface area contributed by atoms with Crippen molar-refractivity contribution in [3.05, 3.63) is 65.7 Å². The van der Waals surface area contributed by atoms with Gasteiger partial charge in [-0.25, -0.2) is 17.2 Å². The van der Waals surface area contributed by atoms with E-state index in [0.717, 1.165) is 22.7 Å². The number of nitrogens with zero attached hydrogens (tertiary/aromatic N) is 1. The maximum absolute atomic E-state index is 13.2. The van der Waals surface area contributed by atoms with Crippen molar-refractivity contribution in [3.63, 3.8) is 0 Å². The largest absolute Gasteiger partial charge is 0.348 e. The Morgan fingerprint density at radius 3 is 1.96 bits per heavy atom. The van der Waals surface area contributed by atoms with Gasteiger partial charge >= 0.3 is 0 Å². The van der Waals surface area contributed by atoms with Crippen molar-refractivity contribution < 1.29 is 22.0 Å². The van der Waals surface area contributed by atoms with E-state index in [-0.39, 0.29) is 17.9 Å². The van der Waals surface area contributed by atoms with Gasteiger partial charge in [0.25, 0.3) is 0 Å². The Hall–Kier alpha value is -2.48. The second-order valence-electron chi connectivity index (χ2n) is 6.24. The van der Waals surface area contributed by atoms with Crippen molar-refractivity contribution in [2.45, 2.75) is 32.4 Å². The topological polar surface area (TPSA) is 66.5 Å². The number of halogens is 2. The molecule has 0 spiro atoms. The highest BCUT2D eigenvalue weighted by Gasteiger charge is 2.32. The molecule has 0 aliphatic rings. The lowest BCUT2D eigenvalue weighted by atomic mass is 10.1. The highest BCUT2D eigenvalue weighted by molar-refractivity contribution is 7.92. The molecular weight excluding hydrogens is 374 g/mol. The van der Waals surface area contributed by atoms with Crippen molar-refractivity contribution >= 4 is 21.6 Å². The molecule has 2 atom stereocenters. The zero-order valence-corrected chi connectivity index (χ0v) is 16.1. The Kier molecular flexibility index (Phi) is 6.54. The fourth-order valence-electron chi connectivity index (χ4n) is 2.79. The number of hydrogen-bond donors (Lipinski definition) is 1. The lowest BCUT2D eigenvalue weighted by Gasteiger charge is -2.31. The number of hydrogen-bond acceptors (Lipinski definition) is 3. The predicted molar refractivity (Wildman–Crippen MR) is 101 cm³/mol. The minimum Gasteiger partial charge on any atom is -0.348 e. The number of rotatable bonds is 7. The predicted octanol–water partition coefficient (Wildman–Crippen LogP) is 3.39. The lowest BCUT2D eigenvalue weighted by Crippen LogP contribution is -2.49. The van der Waals surface area contributed by atoms with Crippen LogP contribution in [0.15, 0.2) is 48.5 Å². The first-order valence-corrected chi connectivity index (χ1v) is 10.3. The number of carbonyl (C=O) groups is 1. The van der Waals surface area contributed by atoms with Crippen LogP contribution in [0.25, 0.3) is 0 Å². The molecule has 0 aromatic heterocycles. The van der Waals surface area contributed by atoms with Gasteiger partial charge in [0, 0.05) is 0 Å². The second-order valence-corrected chi connectivity index (χ2v) is 8.10. The van der Waals surface area contributed by atoms with Gasteiger partial charge in [-0.15, -0.1) is 0 Å². The van der Waals surface area contributed by atoms with Gasteiger partial charge in [0.05, 0.1) is 18.0 Å². The van der Waals surface area contributed by atoms with E-state index in [9.17, 15) is 22.0 Å². The number of benzene rings is 2. The first kappa shape index (κ1) is 20.8. The standard InChI is InChI=1S/C19H22F2N2O3S/c1-4-18(19(24)22-13(2)14-5-7-15(20)8-6-14)23(27(3,25)26)17-11-9-16(21)10-12-17/h5-13,18H,4H2,1-3H3,(H,22,24)/t13-,18-/m1/s1. The fraction of sp³-hybridized carbons (Fsp3) is 0.316. The Morgan fingerprint density at radius 1 is 1.04 bits per heavy atom. The molecule has 5 nitrogen and oxygen atoms in total. The first-order chi connectivity index (χ1) is 12.6. The van der Waals surface area contributed by atoms with Crippen molar-refractivity contribution in [1.82, 2.24) is 5.32 Å². The van der Waals surface area contributed by atoms with Crippen LogP contribution in [-0.4, -0.2) is 26.6 Å². The van der Waals surface area contributed by atoms with Crippen LogP contribution in [0.2, 0.25) is 0 Å². The highest BCUT2D eigenvalue weighted by atomic mass is 32.2. The minimum absolute atomic E-state index is 0.204. The molecule has 0 fully saturated rings. The maximum atomic E-state index is 13.2. The van der Waals surface area contributed by atoms with Crippen LogP contribution in [-0.2, 0) is 14.8 Å². The average Bonchev–Trinajstić information content (AvgIpc) is 2.60. The Balaban J connectivity index is 2.28. The van der Waals surface area contributed by atoms with E-state index >= 15 is 0 Å². The zero-order chi connectivity index (χ0) is 20.2. The summed E-state index contributed by atoms with van der Waals surface area (Å²) in [5.74, 6) is -1.39. The monoisotopic (exact) mass is 396 g/mol. The molecule has 8 heteroatoms. The summed E-state index contributed by atoms with van der Waals surface area (Å²) in [7, 11) is -3.79. The van der Waals surface area contributed by atoms with E-state index in [1.807, 2.05) is 0 Å². The van der Waals surface area contributed by atoms with Crippen molar-refractivity contribution in [3.8, 4) is 0 Å². The molecule has 2 aromatic rings. The molecule has 0 radical (unpaired) electrons. The molecule has 0 saturated heterocycles. The van der Waals surface area contributed by atoms with Crippen LogP contribution in [0, 0.1) is 11.6 Å². The summed E-state index contributed by atoms with van der Waals surface area (Å²) in [4.78, 5) is 12.8. The Labute approximate surface area is 158 Å². The van der Waals surface area contributed by atoms with Crippen LogP contribution >= 0.6 is 0 Å². The molecule has 0 saturated carbocycles. The SMILES string of the molecule is CC[C@H](C(=O)N[C@H](C)c1ccc(F)cc1)N(c1ccc(F)cc1)S(C)(=O)=O. The van der Waals surface area contributed by atoms with Crippen molar-refractivity contribution in [2.24, 2.45) is 0 Å². The average molecular weight is 396 g/mol. The summed E-state index contributed by atoms with van der Waals surface area (Å²) >= 11 is 0. The molecule has 2 rings (SSSR count). The van der Waals surface area contributed by atoms with E-state index in [4.69, 9.17) is 0 Å². The normalized spacial score (nSPS) is 13.7. The van der Waals surface area contributed by atoms with Gasteiger partial charge in [-0.1, -0.05) is 19.1 Å². The third-order valence-electron chi connectivity index (χ3n) is 4.14. The van der Waals surface area contributed by atoms with Crippen LogP contribution < -0.4 is 9.62 Å². The number of sulfonamides is 1. The number of carbonyl (C=O) groups excluding carboxylic acids is 1. The van der Waals surface area contributed by atoms with Crippen LogP contribution in [0.3, 0.4) is 0 Å². The second kappa shape index (κ2) is 8.47. The maximum Gasteiger partial charge on any atom is 0.244 e. The molecule has 0 aliphatic carbocycles. The third kappa shape index (κ3) is 5.26. The minimum atomic E-state index is -3.79. The van der Waals surface area contributed by atoms with E-state index in [2.05, 4.69) is 5.32 Å². The van der Waals surface area contributed by atoms with Crippen molar-refractivity contribution in [2.75, 3.05) is 10.6 Å². The Bertz CT molecular complexity index is 884. The van der Waals surface area contributed by atoms with E-state index < -0.39 is 33.8 Å². The lowest BCUT2D eigenvalue weighted by molar-refractivity contribution is -0.122.